The molecule has 2 aliphatic carbocycles. The molecular weight excluding hydrogens is 228 g/mol. The molecule has 0 aromatic carbocycles. The van der Waals surface area contributed by atoms with Crippen LogP contribution in [0.3, 0.4) is 0 Å². The van der Waals surface area contributed by atoms with E-state index in [1.807, 2.05) is 6.08 Å². The summed E-state index contributed by atoms with van der Waals surface area (Å²) >= 11 is 0. The number of allylic oxidation sites excluding steroid dienone is 4. The van der Waals surface area contributed by atoms with Gasteiger partial charge in [0.25, 0.3) is 0 Å². The summed E-state index contributed by atoms with van der Waals surface area (Å²) in [5.74, 6) is -0.301. The van der Waals surface area contributed by atoms with Crippen molar-refractivity contribution >= 4 is 5.97 Å². The molecule has 0 unspecified atom stereocenters. The minimum absolute atomic E-state index is 0.0719. The molecule has 3 nitrogen and oxygen atoms in total. The Hall–Kier alpha value is -1.35. The van der Waals surface area contributed by atoms with Crippen molar-refractivity contribution in [2.75, 3.05) is 13.2 Å². The van der Waals surface area contributed by atoms with Gasteiger partial charge in [-0.2, -0.15) is 0 Å². The molecule has 2 rings (SSSR count). The first-order valence-corrected chi connectivity index (χ1v) is 6.69. The lowest BCUT2D eigenvalue weighted by Crippen LogP contribution is -2.12. The van der Waals surface area contributed by atoms with Crippen LogP contribution < -0.4 is 0 Å². The number of esters is 1. The molecule has 18 heavy (non-hydrogen) atoms. The van der Waals surface area contributed by atoms with Crippen LogP contribution in [0.5, 0.6) is 0 Å². The molecule has 0 aliphatic heterocycles. The Morgan fingerprint density at radius 3 is 2.67 bits per heavy atom. The van der Waals surface area contributed by atoms with Gasteiger partial charge in [-0.3, -0.25) is 0 Å². The highest BCUT2D eigenvalue weighted by atomic mass is 16.5. The smallest absolute Gasteiger partial charge is 0.338 e. The first-order chi connectivity index (χ1) is 8.81. The molecule has 0 aromatic rings. The Morgan fingerprint density at radius 1 is 1.28 bits per heavy atom. The van der Waals surface area contributed by atoms with E-state index in [1.54, 1.807) is 0 Å². The number of aliphatic hydroxyl groups is 1. The fourth-order valence-electron chi connectivity index (χ4n) is 2.43. The molecule has 3 heteroatoms. The van der Waals surface area contributed by atoms with Gasteiger partial charge in [-0.05, 0) is 50.2 Å². The van der Waals surface area contributed by atoms with Crippen LogP contribution in [-0.2, 0) is 9.53 Å². The Kier molecular flexibility index (Phi) is 4.76. The van der Waals surface area contributed by atoms with Gasteiger partial charge >= 0.3 is 5.97 Å². The average Bonchev–Trinajstić information content (AvgIpc) is 3.05. The highest BCUT2D eigenvalue weighted by molar-refractivity contribution is 5.94. The molecule has 0 amide bonds. The Labute approximate surface area is 108 Å². The molecule has 0 radical (unpaired) electrons. The van der Waals surface area contributed by atoms with Gasteiger partial charge in [0.1, 0.15) is 6.61 Å². The van der Waals surface area contributed by atoms with E-state index in [1.165, 1.54) is 12.0 Å². The molecule has 0 atom stereocenters. The minimum Gasteiger partial charge on any atom is -0.460 e. The molecule has 2 aliphatic rings. The SMILES string of the molecule is O=C(OCCO)C(=CC1=CCCC1)C1=CCCC1. The van der Waals surface area contributed by atoms with E-state index in [9.17, 15) is 4.79 Å². The number of carbonyl (C=O) groups is 1. The summed E-state index contributed by atoms with van der Waals surface area (Å²) in [5, 5.41) is 8.72. The number of rotatable bonds is 5. The van der Waals surface area contributed by atoms with E-state index in [2.05, 4.69) is 12.2 Å². The molecule has 0 heterocycles. The van der Waals surface area contributed by atoms with Gasteiger partial charge in [0.2, 0.25) is 0 Å². The number of hydrogen-bond donors (Lipinski definition) is 1. The van der Waals surface area contributed by atoms with Crippen LogP contribution in [-0.4, -0.2) is 24.3 Å². The summed E-state index contributed by atoms with van der Waals surface area (Å²) < 4.78 is 5.05. The molecule has 0 aromatic heterocycles. The third-order valence-electron chi connectivity index (χ3n) is 3.34. The van der Waals surface area contributed by atoms with Crippen molar-refractivity contribution in [2.24, 2.45) is 0 Å². The second-order valence-electron chi connectivity index (χ2n) is 4.71. The third-order valence-corrected chi connectivity index (χ3v) is 3.34. The van der Waals surface area contributed by atoms with Crippen LogP contribution in [0.25, 0.3) is 0 Å². The summed E-state index contributed by atoms with van der Waals surface area (Å²) in [6.45, 7) is -0.0523. The summed E-state index contributed by atoms with van der Waals surface area (Å²) in [4.78, 5) is 12.0. The van der Waals surface area contributed by atoms with Crippen molar-refractivity contribution in [1.29, 1.82) is 0 Å². The molecule has 1 N–H and O–H groups in total. The van der Waals surface area contributed by atoms with Crippen molar-refractivity contribution in [1.82, 2.24) is 0 Å². The predicted molar refractivity (Wildman–Crippen MR) is 70.0 cm³/mol. The predicted octanol–water partition coefficient (Wildman–Crippen LogP) is 2.67. The topological polar surface area (TPSA) is 46.5 Å². The van der Waals surface area contributed by atoms with Gasteiger partial charge in [0, 0.05) is 0 Å². The summed E-state index contributed by atoms with van der Waals surface area (Å²) in [5.41, 5.74) is 3.03. The molecular formula is C15H20O3. The van der Waals surface area contributed by atoms with Gasteiger partial charge in [-0.25, -0.2) is 4.79 Å². The highest BCUT2D eigenvalue weighted by Gasteiger charge is 2.19. The zero-order valence-corrected chi connectivity index (χ0v) is 10.7. The number of carbonyl (C=O) groups excluding carboxylic acids is 1. The monoisotopic (exact) mass is 248 g/mol. The van der Waals surface area contributed by atoms with Gasteiger partial charge in [-0.15, -0.1) is 0 Å². The molecule has 0 bridgehead atoms. The molecule has 0 fully saturated rings. The summed E-state index contributed by atoms with van der Waals surface area (Å²) in [6, 6.07) is 0. The van der Waals surface area contributed by atoms with E-state index in [4.69, 9.17) is 9.84 Å². The van der Waals surface area contributed by atoms with Crippen LogP contribution in [0.1, 0.15) is 38.5 Å². The van der Waals surface area contributed by atoms with Gasteiger partial charge < -0.3 is 9.84 Å². The van der Waals surface area contributed by atoms with E-state index in [0.717, 1.165) is 37.7 Å². The van der Waals surface area contributed by atoms with E-state index in [0.29, 0.717) is 5.57 Å². The standard InChI is InChI=1S/C15H20O3/c16-9-10-18-15(17)14(13-7-3-4-8-13)11-12-5-1-2-6-12/h5,7,11,16H,1-4,6,8-10H2. The number of hydrogen-bond acceptors (Lipinski definition) is 3. The maximum Gasteiger partial charge on any atom is 0.338 e. The van der Waals surface area contributed by atoms with Crippen LogP contribution in [0.15, 0.2) is 34.9 Å². The fourth-order valence-corrected chi connectivity index (χ4v) is 2.43. The zero-order chi connectivity index (χ0) is 12.8. The molecule has 0 saturated carbocycles. The zero-order valence-electron chi connectivity index (χ0n) is 10.7. The largest absolute Gasteiger partial charge is 0.460 e. The van der Waals surface area contributed by atoms with Crippen molar-refractivity contribution in [3.05, 3.63) is 34.9 Å². The van der Waals surface area contributed by atoms with Crippen molar-refractivity contribution in [3.63, 3.8) is 0 Å². The van der Waals surface area contributed by atoms with Crippen LogP contribution >= 0.6 is 0 Å². The lowest BCUT2D eigenvalue weighted by Gasteiger charge is -2.09. The van der Waals surface area contributed by atoms with Crippen LogP contribution in [0.2, 0.25) is 0 Å². The normalized spacial score (nSPS) is 19.7. The second kappa shape index (κ2) is 6.55. The first-order valence-electron chi connectivity index (χ1n) is 6.69. The summed E-state index contributed by atoms with van der Waals surface area (Å²) in [6.07, 6.45) is 12.7. The first kappa shape index (κ1) is 13.1. The lowest BCUT2D eigenvalue weighted by atomic mass is 10.0. The van der Waals surface area contributed by atoms with Crippen molar-refractivity contribution < 1.29 is 14.6 Å². The van der Waals surface area contributed by atoms with Gasteiger partial charge in [-0.1, -0.05) is 17.7 Å². The van der Waals surface area contributed by atoms with Gasteiger partial charge in [0.15, 0.2) is 0 Å². The van der Waals surface area contributed by atoms with E-state index >= 15 is 0 Å². The molecule has 0 spiro atoms. The van der Waals surface area contributed by atoms with E-state index in [-0.39, 0.29) is 19.2 Å². The third kappa shape index (κ3) is 3.33. The Morgan fingerprint density at radius 2 is 2.06 bits per heavy atom. The van der Waals surface area contributed by atoms with Crippen LogP contribution in [0.4, 0.5) is 0 Å². The van der Waals surface area contributed by atoms with Crippen molar-refractivity contribution in [2.45, 2.75) is 38.5 Å². The molecule has 0 saturated heterocycles. The quantitative estimate of drug-likeness (QED) is 0.601. The maximum atomic E-state index is 12.0. The maximum absolute atomic E-state index is 12.0. The fraction of sp³-hybridized carbons (Fsp3) is 0.533. The van der Waals surface area contributed by atoms with Crippen LogP contribution in [0, 0.1) is 0 Å². The second-order valence-corrected chi connectivity index (χ2v) is 4.71. The number of ether oxygens (including phenoxy) is 1. The van der Waals surface area contributed by atoms with Gasteiger partial charge in [0.05, 0.1) is 12.2 Å². The average molecular weight is 248 g/mol. The Balaban J connectivity index is 2.14. The summed E-state index contributed by atoms with van der Waals surface area (Å²) in [7, 11) is 0. The lowest BCUT2D eigenvalue weighted by molar-refractivity contribution is -0.139. The highest BCUT2D eigenvalue weighted by Crippen LogP contribution is 2.29. The Bertz CT molecular complexity index is 402. The van der Waals surface area contributed by atoms with E-state index < -0.39 is 0 Å². The number of aliphatic hydroxyl groups excluding tert-OH is 1. The minimum atomic E-state index is -0.301. The molecule has 98 valence electrons. The van der Waals surface area contributed by atoms with Crippen molar-refractivity contribution in [3.8, 4) is 0 Å².